The van der Waals surface area contributed by atoms with Crippen LogP contribution >= 0.6 is 35.2 Å². The van der Waals surface area contributed by atoms with Gasteiger partial charge in [0.05, 0.1) is 0 Å². The Hall–Kier alpha value is -1.06. The van der Waals surface area contributed by atoms with Gasteiger partial charge in [-0.2, -0.15) is 0 Å². The Kier molecular flexibility index (Phi) is 11.5. The van der Waals surface area contributed by atoms with Crippen molar-refractivity contribution in [2.75, 3.05) is 0 Å². The van der Waals surface area contributed by atoms with E-state index in [0.717, 1.165) is 23.2 Å². The van der Waals surface area contributed by atoms with Crippen LogP contribution in [0.2, 0.25) is 0 Å². The van der Waals surface area contributed by atoms with Gasteiger partial charge in [-0.05, 0) is 85.9 Å². The van der Waals surface area contributed by atoms with Gasteiger partial charge in [0.25, 0.3) is 0 Å². The van der Waals surface area contributed by atoms with Crippen LogP contribution < -0.4 is 21.2 Å². The summed E-state index contributed by atoms with van der Waals surface area (Å²) in [5, 5.41) is 6.27. The molecule has 0 saturated heterocycles. The zero-order valence-electron chi connectivity index (χ0n) is 22.1. The number of rotatable bonds is 7. The van der Waals surface area contributed by atoms with Gasteiger partial charge < -0.3 is 0 Å². The molecule has 6 rings (SSSR count). The molecule has 0 radical (unpaired) electrons. The Bertz CT molecular complexity index is 1070. The van der Waals surface area contributed by atoms with Crippen LogP contribution in [0.4, 0.5) is 0 Å². The van der Waals surface area contributed by atoms with E-state index in [1.165, 1.54) is 38.5 Å². The second-order valence-corrected chi connectivity index (χ2v) is 18.0. The molecule has 39 heavy (non-hydrogen) atoms. The van der Waals surface area contributed by atoms with Crippen LogP contribution in [0.15, 0.2) is 121 Å². The Morgan fingerprint density at radius 1 is 0.436 bits per heavy atom. The second kappa shape index (κ2) is 15.3. The second-order valence-electron chi connectivity index (χ2n) is 10.5. The third kappa shape index (κ3) is 7.24. The maximum atomic E-state index is 4.85. The normalized spacial score (nSPS) is 22.7. The molecule has 0 bridgehead atoms. The van der Waals surface area contributed by atoms with Crippen LogP contribution in [0.5, 0.6) is 0 Å². The van der Waals surface area contributed by atoms with Gasteiger partial charge in [0.15, 0.2) is 0 Å². The SMILES string of the molecule is [Cl][Ru][Cl].c1ccc(P(c2ccccc2)[C@@H]2CCC[C@@H]2[C@H]2CCC[C@H]2P(c2ccccc2)c2ccccc2)cc1. The van der Waals surface area contributed by atoms with E-state index >= 15 is 0 Å². The minimum Gasteiger partial charge on any atom is -0.0622 e. The zero-order chi connectivity index (χ0) is 26.9. The fraction of sp³-hybridized carbons (Fsp3) is 0.294. The molecular formula is C34H36Cl2P2Ru. The molecule has 204 valence electrons. The maximum Gasteiger partial charge on any atom is -0.00976 e. The van der Waals surface area contributed by atoms with E-state index in [1.807, 2.05) is 0 Å². The Labute approximate surface area is 253 Å². The van der Waals surface area contributed by atoms with Crippen molar-refractivity contribution in [3.63, 3.8) is 0 Å². The summed E-state index contributed by atoms with van der Waals surface area (Å²) >= 11 is -0.346. The first-order chi connectivity index (χ1) is 19.3. The van der Waals surface area contributed by atoms with Gasteiger partial charge in [0.2, 0.25) is 0 Å². The summed E-state index contributed by atoms with van der Waals surface area (Å²) in [5.41, 5.74) is 1.58. The third-order valence-electron chi connectivity index (χ3n) is 8.41. The third-order valence-corrected chi connectivity index (χ3v) is 14.4. The first-order valence-corrected chi connectivity index (χ1v) is 21.3. The average Bonchev–Trinajstić information content (AvgIpc) is 3.66. The smallest absolute Gasteiger partial charge is 0.00976 e. The van der Waals surface area contributed by atoms with E-state index in [0.29, 0.717) is 0 Å². The van der Waals surface area contributed by atoms with Gasteiger partial charge >= 0.3 is 34.5 Å². The van der Waals surface area contributed by atoms with Crippen molar-refractivity contribution < 1.29 is 15.1 Å². The van der Waals surface area contributed by atoms with Gasteiger partial charge in [-0.1, -0.05) is 134 Å². The molecule has 0 heterocycles. The molecule has 0 amide bonds. The molecule has 2 aliphatic rings. The molecule has 0 unspecified atom stereocenters. The number of hydrogen-bond donors (Lipinski definition) is 0. The molecule has 0 spiro atoms. The first-order valence-electron chi connectivity index (χ1n) is 14.0. The summed E-state index contributed by atoms with van der Waals surface area (Å²) in [4.78, 5) is 0. The minimum absolute atomic E-state index is 0.346. The van der Waals surface area contributed by atoms with E-state index in [1.54, 1.807) is 21.2 Å². The largest absolute Gasteiger partial charge is 0.0622 e. The molecule has 5 heteroatoms. The summed E-state index contributed by atoms with van der Waals surface area (Å²) in [6, 6.07) is 45.9. The van der Waals surface area contributed by atoms with E-state index in [-0.39, 0.29) is 31.0 Å². The van der Waals surface area contributed by atoms with Gasteiger partial charge in [-0.3, -0.25) is 0 Å². The van der Waals surface area contributed by atoms with E-state index < -0.39 is 0 Å². The predicted octanol–water partition coefficient (Wildman–Crippen LogP) is 8.97. The number of halogens is 2. The van der Waals surface area contributed by atoms with Gasteiger partial charge in [-0.15, -0.1) is 0 Å². The molecule has 2 fully saturated rings. The Balaban J connectivity index is 0.000000983. The van der Waals surface area contributed by atoms with Crippen LogP contribution in [0.25, 0.3) is 0 Å². The summed E-state index contributed by atoms with van der Waals surface area (Å²) in [6.07, 6.45) is 8.39. The van der Waals surface area contributed by atoms with Crippen LogP contribution in [0.3, 0.4) is 0 Å². The van der Waals surface area contributed by atoms with Crippen molar-refractivity contribution in [2.24, 2.45) is 11.8 Å². The van der Waals surface area contributed by atoms with Crippen molar-refractivity contribution in [1.82, 2.24) is 0 Å². The van der Waals surface area contributed by atoms with Crippen LogP contribution in [0, 0.1) is 11.8 Å². The van der Waals surface area contributed by atoms with Gasteiger partial charge in [0.1, 0.15) is 0 Å². The summed E-state index contributed by atoms with van der Waals surface area (Å²) in [6.45, 7) is 0. The average molecular weight is 679 g/mol. The quantitative estimate of drug-likeness (QED) is 0.135. The van der Waals surface area contributed by atoms with Crippen molar-refractivity contribution in [2.45, 2.75) is 49.8 Å². The summed E-state index contributed by atoms with van der Waals surface area (Å²) in [5.74, 6) is 1.67. The molecule has 0 nitrogen and oxygen atoms in total. The molecule has 4 aromatic carbocycles. The molecule has 4 aromatic rings. The monoisotopic (exact) mass is 678 g/mol. The van der Waals surface area contributed by atoms with Crippen molar-refractivity contribution in [3.8, 4) is 0 Å². The predicted molar refractivity (Wildman–Crippen MR) is 172 cm³/mol. The Morgan fingerprint density at radius 3 is 0.949 bits per heavy atom. The van der Waals surface area contributed by atoms with Crippen molar-refractivity contribution in [3.05, 3.63) is 121 Å². The van der Waals surface area contributed by atoms with Crippen LogP contribution in [-0.2, 0) is 15.1 Å². The molecule has 2 aliphatic carbocycles. The summed E-state index contributed by atoms with van der Waals surface area (Å²) in [7, 11) is 9.01. The zero-order valence-corrected chi connectivity index (χ0v) is 27.1. The van der Waals surface area contributed by atoms with E-state index in [4.69, 9.17) is 19.4 Å². The van der Waals surface area contributed by atoms with Crippen LogP contribution in [0.1, 0.15) is 38.5 Å². The minimum atomic E-state index is -0.347. The molecule has 0 N–H and O–H groups in total. The molecule has 0 aliphatic heterocycles. The fourth-order valence-corrected chi connectivity index (χ4v) is 13.5. The van der Waals surface area contributed by atoms with E-state index in [9.17, 15) is 0 Å². The fourth-order valence-electron chi connectivity index (χ4n) is 7.00. The maximum absolute atomic E-state index is 4.85. The van der Waals surface area contributed by atoms with Gasteiger partial charge in [-0.25, -0.2) is 0 Å². The summed E-state index contributed by atoms with van der Waals surface area (Å²) < 4.78 is 0. The first kappa shape index (κ1) is 29.4. The molecular weight excluding hydrogens is 642 g/mol. The topological polar surface area (TPSA) is 0 Å². The van der Waals surface area contributed by atoms with Crippen molar-refractivity contribution >= 4 is 56.4 Å². The molecule has 4 atom stereocenters. The number of hydrogen-bond acceptors (Lipinski definition) is 0. The molecule has 2 saturated carbocycles. The van der Waals surface area contributed by atoms with Crippen molar-refractivity contribution in [1.29, 1.82) is 0 Å². The molecule has 0 aromatic heterocycles. The van der Waals surface area contributed by atoms with E-state index in [2.05, 4.69) is 121 Å². The van der Waals surface area contributed by atoms with Gasteiger partial charge in [0, 0.05) is 0 Å². The number of benzene rings is 4. The standard InChI is InChI=1S/C34H36P2.2ClH.Ru/c1-5-15-27(16-6-1)35(28-17-7-2-8-18-28)33-25-13-23-31(33)32-24-14-26-34(32)36(29-19-9-3-10-20-29)30-21-11-4-12-22-30;;;/h1-12,15-22,31-34H,13-14,23-26H2;2*1H;/q;;;+2/p-2/t31-,32-,33-,34-;;;/m1.../s1. The van der Waals surface area contributed by atoms with Crippen LogP contribution in [-0.4, -0.2) is 11.3 Å². The Morgan fingerprint density at radius 2 is 0.692 bits per heavy atom.